The number of benzene rings is 1. The van der Waals surface area contributed by atoms with Gasteiger partial charge in [0.25, 0.3) is 0 Å². The van der Waals surface area contributed by atoms with Crippen LogP contribution in [0.3, 0.4) is 0 Å². The predicted molar refractivity (Wildman–Crippen MR) is 45.9 cm³/mol. The molecule has 0 aliphatic rings. The Kier molecular flexibility index (Phi) is 2.65. The highest BCUT2D eigenvalue weighted by molar-refractivity contribution is 7.83. The third kappa shape index (κ3) is 2.72. The maximum absolute atomic E-state index is 10.7. The summed E-state index contributed by atoms with van der Waals surface area (Å²) < 4.78 is 10.7. The molecule has 0 fully saturated rings. The van der Waals surface area contributed by atoms with Gasteiger partial charge in [-0.25, -0.2) is 0 Å². The van der Waals surface area contributed by atoms with Crippen LogP contribution in [-0.2, 0) is 16.6 Å². The minimum Gasteiger partial charge on any atom is -0.508 e. The van der Waals surface area contributed by atoms with Crippen LogP contribution in [0.4, 0.5) is 0 Å². The predicted octanol–water partition coefficient (Wildman–Crippen LogP) is 1.27. The Morgan fingerprint density at radius 2 is 1.91 bits per heavy atom. The zero-order valence-electron chi connectivity index (χ0n) is 6.28. The Labute approximate surface area is 68.3 Å². The SMILES string of the molecule is CS(=O)Cc1ccc(O)cc1. The molecular formula is C8H10O2S. The molecule has 1 unspecified atom stereocenters. The summed E-state index contributed by atoms with van der Waals surface area (Å²) in [6.07, 6.45) is 1.66. The highest BCUT2D eigenvalue weighted by Crippen LogP contribution is 2.10. The molecule has 3 heteroatoms. The molecule has 0 radical (unpaired) electrons. The second-order valence-electron chi connectivity index (χ2n) is 2.38. The van der Waals surface area contributed by atoms with E-state index in [0.29, 0.717) is 5.75 Å². The normalized spacial score (nSPS) is 12.8. The standard InChI is InChI=1S/C8H10O2S/c1-11(10)6-7-2-4-8(9)5-3-7/h2-5,9H,6H2,1H3. The lowest BCUT2D eigenvalue weighted by atomic mass is 10.2. The summed E-state index contributed by atoms with van der Waals surface area (Å²) in [6.45, 7) is 0. The molecule has 2 nitrogen and oxygen atoms in total. The fraction of sp³-hybridized carbons (Fsp3) is 0.250. The molecule has 0 aliphatic heterocycles. The quantitative estimate of drug-likeness (QED) is 0.725. The second kappa shape index (κ2) is 3.53. The zero-order valence-corrected chi connectivity index (χ0v) is 7.10. The fourth-order valence-electron chi connectivity index (χ4n) is 0.827. The van der Waals surface area contributed by atoms with Crippen LogP contribution >= 0.6 is 0 Å². The van der Waals surface area contributed by atoms with Crippen molar-refractivity contribution in [1.29, 1.82) is 0 Å². The van der Waals surface area contributed by atoms with Gasteiger partial charge in [0.2, 0.25) is 0 Å². The van der Waals surface area contributed by atoms with E-state index >= 15 is 0 Å². The van der Waals surface area contributed by atoms with Crippen LogP contribution in [0.15, 0.2) is 24.3 Å². The van der Waals surface area contributed by atoms with Crippen molar-refractivity contribution in [2.75, 3.05) is 6.26 Å². The molecule has 60 valence electrons. The van der Waals surface area contributed by atoms with Crippen molar-refractivity contribution in [2.24, 2.45) is 0 Å². The topological polar surface area (TPSA) is 37.3 Å². The van der Waals surface area contributed by atoms with Crippen molar-refractivity contribution in [1.82, 2.24) is 0 Å². The van der Waals surface area contributed by atoms with Gasteiger partial charge >= 0.3 is 0 Å². The largest absolute Gasteiger partial charge is 0.508 e. The molecule has 0 saturated carbocycles. The molecule has 0 amide bonds. The third-order valence-corrected chi connectivity index (χ3v) is 2.05. The summed E-state index contributed by atoms with van der Waals surface area (Å²) >= 11 is 0. The molecule has 1 aromatic carbocycles. The van der Waals surface area contributed by atoms with E-state index in [1.54, 1.807) is 30.5 Å². The van der Waals surface area contributed by atoms with Gasteiger partial charge in [0.05, 0.1) is 0 Å². The lowest BCUT2D eigenvalue weighted by Gasteiger charge is -1.96. The molecular weight excluding hydrogens is 160 g/mol. The van der Waals surface area contributed by atoms with Gasteiger partial charge in [0.1, 0.15) is 5.75 Å². The Morgan fingerprint density at radius 1 is 1.36 bits per heavy atom. The van der Waals surface area contributed by atoms with E-state index < -0.39 is 10.8 Å². The van der Waals surface area contributed by atoms with E-state index in [1.807, 2.05) is 0 Å². The molecule has 1 atom stereocenters. The van der Waals surface area contributed by atoms with Crippen molar-refractivity contribution in [3.05, 3.63) is 29.8 Å². The van der Waals surface area contributed by atoms with Crippen LogP contribution in [-0.4, -0.2) is 15.6 Å². The van der Waals surface area contributed by atoms with Crippen LogP contribution in [0.25, 0.3) is 0 Å². The lowest BCUT2D eigenvalue weighted by Crippen LogP contribution is -1.90. The third-order valence-electron chi connectivity index (χ3n) is 1.31. The van der Waals surface area contributed by atoms with E-state index in [0.717, 1.165) is 5.56 Å². The minimum absolute atomic E-state index is 0.246. The minimum atomic E-state index is -0.805. The van der Waals surface area contributed by atoms with E-state index in [2.05, 4.69) is 0 Å². The van der Waals surface area contributed by atoms with Crippen LogP contribution in [0.2, 0.25) is 0 Å². The van der Waals surface area contributed by atoms with Gasteiger partial charge in [-0.15, -0.1) is 0 Å². The highest BCUT2D eigenvalue weighted by Gasteiger charge is 1.94. The van der Waals surface area contributed by atoms with Gasteiger partial charge < -0.3 is 5.11 Å². The van der Waals surface area contributed by atoms with E-state index in [4.69, 9.17) is 5.11 Å². The molecule has 1 rings (SSSR count). The molecule has 0 aromatic heterocycles. The van der Waals surface area contributed by atoms with Crippen LogP contribution in [0, 0.1) is 0 Å². The number of phenolic OH excluding ortho intramolecular Hbond substituents is 1. The second-order valence-corrected chi connectivity index (χ2v) is 3.82. The van der Waals surface area contributed by atoms with Gasteiger partial charge in [-0.2, -0.15) is 0 Å². The first-order valence-electron chi connectivity index (χ1n) is 3.26. The van der Waals surface area contributed by atoms with Crippen molar-refractivity contribution < 1.29 is 9.32 Å². The van der Waals surface area contributed by atoms with Crippen molar-refractivity contribution in [3.8, 4) is 5.75 Å². The molecule has 1 aromatic rings. The van der Waals surface area contributed by atoms with Crippen molar-refractivity contribution >= 4 is 10.8 Å². The molecule has 0 aliphatic carbocycles. The number of rotatable bonds is 2. The molecule has 0 spiro atoms. The zero-order chi connectivity index (χ0) is 8.27. The van der Waals surface area contributed by atoms with Crippen molar-refractivity contribution in [2.45, 2.75) is 5.75 Å². The van der Waals surface area contributed by atoms with Gasteiger partial charge in [-0.05, 0) is 17.7 Å². The van der Waals surface area contributed by atoms with Crippen LogP contribution in [0.5, 0.6) is 5.75 Å². The fourth-order valence-corrected chi connectivity index (χ4v) is 1.49. The van der Waals surface area contributed by atoms with Crippen LogP contribution < -0.4 is 0 Å². The Bertz CT molecular complexity index is 253. The number of phenols is 1. The molecule has 0 bridgehead atoms. The molecule has 0 saturated heterocycles. The Balaban J connectivity index is 2.74. The lowest BCUT2D eigenvalue weighted by molar-refractivity contribution is 0.475. The molecule has 0 heterocycles. The first kappa shape index (κ1) is 8.27. The van der Waals surface area contributed by atoms with E-state index in [9.17, 15) is 4.21 Å². The first-order valence-corrected chi connectivity index (χ1v) is 4.99. The van der Waals surface area contributed by atoms with E-state index in [-0.39, 0.29) is 5.75 Å². The Morgan fingerprint density at radius 3 is 2.36 bits per heavy atom. The summed E-state index contributed by atoms with van der Waals surface area (Å²) in [5.41, 5.74) is 0.989. The van der Waals surface area contributed by atoms with E-state index in [1.165, 1.54) is 0 Å². The van der Waals surface area contributed by atoms with Gasteiger partial charge in [0.15, 0.2) is 0 Å². The average Bonchev–Trinajstić information content (AvgIpc) is 1.93. The van der Waals surface area contributed by atoms with Gasteiger partial charge in [0, 0.05) is 22.8 Å². The smallest absolute Gasteiger partial charge is 0.115 e. The monoisotopic (exact) mass is 170 g/mol. The summed E-state index contributed by atoms with van der Waals surface area (Å²) in [5, 5.41) is 8.91. The number of aromatic hydroxyl groups is 1. The number of hydrogen-bond acceptors (Lipinski definition) is 2. The van der Waals surface area contributed by atoms with Gasteiger partial charge in [-0.3, -0.25) is 4.21 Å². The first-order chi connectivity index (χ1) is 5.18. The van der Waals surface area contributed by atoms with Crippen molar-refractivity contribution in [3.63, 3.8) is 0 Å². The summed E-state index contributed by atoms with van der Waals surface area (Å²) in [4.78, 5) is 0. The van der Waals surface area contributed by atoms with Gasteiger partial charge in [-0.1, -0.05) is 12.1 Å². The highest BCUT2D eigenvalue weighted by atomic mass is 32.2. The van der Waals surface area contributed by atoms with Crippen LogP contribution in [0.1, 0.15) is 5.56 Å². The molecule has 1 N–H and O–H groups in total. The average molecular weight is 170 g/mol. The summed E-state index contributed by atoms with van der Waals surface area (Å²) in [7, 11) is -0.805. The maximum atomic E-state index is 10.7. The summed E-state index contributed by atoms with van der Waals surface area (Å²) in [5.74, 6) is 0.802. The number of hydrogen-bond donors (Lipinski definition) is 1. The maximum Gasteiger partial charge on any atom is 0.115 e. The summed E-state index contributed by atoms with van der Waals surface area (Å²) in [6, 6.07) is 6.75. The molecule has 11 heavy (non-hydrogen) atoms. The Hall–Kier alpha value is -0.830.